The van der Waals surface area contributed by atoms with Gasteiger partial charge >= 0.3 is 0 Å². The second-order valence-corrected chi connectivity index (χ2v) is 5.93. The smallest absolute Gasteiger partial charge is 0.265 e. The van der Waals surface area contributed by atoms with Crippen LogP contribution in [-0.2, 0) is 4.79 Å². The van der Waals surface area contributed by atoms with E-state index in [0.717, 1.165) is 5.06 Å². The summed E-state index contributed by atoms with van der Waals surface area (Å²) in [7, 11) is 1.55. The number of hydrogen-bond donors (Lipinski definition) is 4. The monoisotopic (exact) mass is 406 g/mol. The summed E-state index contributed by atoms with van der Waals surface area (Å²) >= 11 is 0. The van der Waals surface area contributed by atoms with E-state index in [0.29, 0.717) is 23.9 Å². The Balaban J connectivity index is 1.71. The molecule has 11 heteroatoms. The molecule has 11 nitrogen and oxygen atoms in total. The first-order chi connectivity index (χ1) is 14.0. The van der Waals surface area contributed by atoms with Crippen LogP contribution in [0.25, 0.3) is 0 Å². The molecule has 2 rings (SSSR count). The molecule has 0 saturated carbocycles. The van der Waals surface area contributed by atoms with Crippen LogP contribution in [0.3, 0.4) is 0 Å². The zero-order chi connectivity index (χ0) is 21.1. The molecule has 1 amide bonds. The standard InChI is InChI=1S/C18H26N6O5/c1-13(25)24(29-18-8-7-17(21-19)22-23-18)10-9-20-11-14(26)12-28-16-6-4-3-5-15(16)27-2/h3-8,14,20,26H,9-12,19H2,1-2H3,(H,21,22). The van der Waals surface area contributed by atoms with Crippen LogP contribution in [0.5, 0.6) is 17.4 Å². The van der Waals surface area contributed by atoms with Crippen LogP contribution in [0.4, 0.5) is 5.82 Å². The molecule has 1 aromatic heterocycles. The molecule has 1 atom stereocenters. The van der Waals surface area contributed by atoms with Crippen molar-refractivity contribution in [2.45, 2.75) is 13.0 Å². The molecule has 0 saturated heterocycles. The summed E-state index contributed by atoms with van der Waals surface area (Å²) in [6, 6.07) is 10.3. The third kappa shape index (κ3) is 7.41. The van der Waals surface area contributed by atoms with Crippen molar-refractivity contribution in [3.8, 4) is 17.4 Å². The fourth-order valence-electron chi connectivity index (χ4n) is 2.26. The summed E-state index contributed by atoms with van der Waals surface area (Å²) in [5, 5.41) is 21.8. The molecule has 1 aromatic carbocycles. The van der Waals surface area contributed by atoms with Gasteiger partial charge in [0.1, 0.15) is 12.7 Å². The molecule has 29 heavy (non-hydrogen) atoms. The molecule has 0 aliphatic heterocycles. The molecule has 0 aliphatic rings. The van der Waals surface area contributed by atoms with Crippen molar-refractivity contribution >= 4 is 11.7 Å². The predicted octanol–water partition coefficient (Wildman–Crippen LogP) is -0.0574. The lowest BCUT2D eigenvalue weighted by Gasteiger charge is -2.20. The van der Waals surface area contributed by atoms with E-state index < -0.39 is 6.10 Å². The summed E-state index contributed by atoms with van der Waals surface area (Å²) < 4.78 is 10.8. The van der Waals surface area contributed by atoms with Crippen molar-refractivity contribution in [1.82, 2.24) is 20.6 Å². The van der Waals surface area contributed by atoms with Crippen LogP contribution in [0.15, 0.2) is 36.4 Å². The summed E-state index contributed by atoms with van der Waals surface area (Å²) in [5.41, 5.74) is 2.35. The Bertz CT molecular complexity index is 761. The van der Waals surface area contributed by atoms with Crippen LogP contribution in [0.1, 0.15) is 6.92 Å². The number of nitrogens with zero attached hydrogens (tertiary/aromatic N) is 3. The van der Waals surface area contributed by atoms with Crippen molar-refractivity contribution in [1.29, 1.82) is 0 Å². The highest BCUT2D eigenvalue weighted by atomic mass is 16.7. The molecule has 0 bridgehead atoms. The van der Waals surface area contributed by atoms with Crippen LogP contribution < -0.4 is 30.9 Å². The molecular weight excluding hydrogens is 380 g/mol. The number of benzene rings is 1. The van der Waals surface area contributed by atoms with Crippen LogP contribution in [0, 0.1) is 0 Å². The van der Waals surface area contributed by atoms with Gasteiger partial charge in [0, 0.05) is 26.1 Å². The number of aromatic nitrogens is 2. The number of nitrogen functional groups attached to an aromatic ring is 1. The van der Waals surface area contributed by atoms with E-state index in [1.165, 1.54) is 13.0 Å². The first-order valence-corrected chi connectivity index (χ1v) is 8.94. The maximum Gasteiger partial charge on any atom is 0.265 e. The normalized spacial score (nSPS) is 11.4. The minimum Gasteiger partial charge on any atom is -0.493 e. The van der Waals surface area contributed by atoms with Gasteiger partial charge in [-0.25, -0.2) is 5.84 Å². The van der Waals surface area contributed by atoms with Crippen LogP contribution >= 0.6 is 0 Å². The minimum absolute atomic E-state index is 0.0947. The largest absolute Gasteiger partial charge is 0.493 e. The number of nitrogens with one attached hydrogen (secondary N) is 2. The maximum absolute atomic E-state index is 11.7. The molecule has 158 valence electrons. The second-order valence-electron chi connectivity index (χ2n) is 5.93. The number of aliphatic hydroxyl groups is 1. The molecule has 5 N–H and O–H groups in total. The Kier molecular flexibility index (Phi) is 8.89. The van der Waals surface area contributed by atoms with Gasteiger partial charge in [-0.2, -0.15) is 5.06 Å². The van der Waals surface area contributed by atoms with Gasteiger partial charge < -0.3 is 30.2 Å². The Hall–Kier alpha value is -3.15. The van der Waals surface area contributed by atoms with Crippen LogP contribution in [-0.4, -0.2) is 65.7 Å². The number of carbonyl (C=O) groups excluding carboxylic acids is 1. The van der Waals surface area contributed by atoms with Crippen molar-refractivity contribution in [3.63, 3.8) is 0 Å². The van der Waals surface area contributed by atoms with E-state index in [2.05, 4.69) is 20.9 Å². The Morgan fingerprint density at radius 2 is 2.00 bits per heavy atom. The number of hydrazine groups is 1. The lowest BCUT2D eigenvalue weighted by molar-refractivity contribution is -0.155. The molecule has 0 fully saturated rings. The number of hydrogen-bond acceptors (Lipinski definition) is 10. The van der Waals surface area contributed by atoms with Gasteiger partial charge in [-0.05, 0) is 18.2 Å². The number of ether oxygens (including phenoxy) is 2. The van der Waals surface area contributed by atoms with Crippen molar-refractivity contribution in [3.05, 3.63) is 36.4 Å². The number of hydroxylamine groups is 2. The summed E-state index contributed by atoms with van der Waals surface area (Å²) in [5.74, 6) is 6.61. The molecular formula is C18H26N6O5. The van der Waals surface area contributed by atoms with E-state index in [-0.39, 0.29) is 31.5 Å². The Morgan fingerprint density at radius 1 is 1.24 bits per heavy atom. The average molecular weight is 406 g/mol. The average Bonchev–Trinajstić information content (AvgIpc) is 2.74. The first-order valence-electron chi connectivity index (χ1n) is 8.94. The number of anilines is 1. The molecule has 1 unspecified atom stereocenters. The van der Waals surface area contributed by atoms with Gasteiger partial charge in [0.05, 0.1) is 13.7 Å². The fraction of sp³-hybridized carbons (Fsp3) is 0.389. The summed E-state index contributed by atoms with van der Waals surface area (Å²) in [6.07, 6.45) is -0.742. The van der Waals surface area contributed by atoms with Gasteiger partial charge in [-0.1, -0.05) is 12.1 Å². The summed E-state index contributed by atoms with van der Waals surface area (Å²) in [6.45, 7) is 2.38. The number of nitrogens with two attached hydrogens (primary N) is 1. The van der Waals surface area contributed by atoms with Gasteiger partial charge in [0.2, 0.25) is 0 Å². The highest BCUT2D eigenvalue weighted by molar-refractivity contribution is 5.72. The number of para-hydroxylation sites is 2. The van der Waals surface area contributed by atoms with E-state index >= 15 is 0 Å². The first kappa shape index (κ1) is 22.1. The van der Waals surface area contributed by atoms with Crippen molar-refractivity contribution in [2.75, 3.05) is 38.8 Å². The number of aliphatic hydroxyl groups excluding tert-OH is 1. The molecule has 1 heterocycles. The highest BCUT2D eigenvalue weighted by Crippen LogP contribution is 2.25. The molecule has 0 spiro atoms. The van der Waals surface area contributed by atoms with E-state index in [1.54, 1.807) is 25.3 Å². The zero-order valence-electron chi connectivity index (χ0n) is 16.4. The van der Waals surface area contributed by atoms with Gasteiger partial charge in [-0.3, -0.25) is 4.79 Å². The molecule has 0 radical (unpaired) electrons. The third-order valence-electron chi connectivity index (χ3n) is 3.71. The van der Waals surface area contributed by atoms with E-state index in [4.69, 9.17) is 20.2 Å². The maximum atomic E-state index is 11.7. The quantitative estimate of drug-likeness (QED) is 0.215. The van der Waals surface area contributed by atoms with E-state index in [1.807, 2.05) is 12.1 Å². The van der Waals surface area contributed by atoms with Crippen molar-refractivity contribution in [2.24, 2.45) is 5.84 Å². The lowest BCUT2D eigenvalue weighted by Crippen LogP contribution is -2.40. The minimum atomic E-state index is -0.742. The molecule has 0 aliphatic carbocycles. The van der Waals surface area contributed by atoms with Gasteiger partial charge in [0.15, 0.2) is 17.3 Å². The Labute approximate surface area is 168 Å². The number of amides is 1. The second kappa shape index (κ2) is 11.6. The number of methoxy groups -OCH3 is 1. The van der Waals surface area contributed by atoms with Gasteiger partial charge in [-0.15, -0.1) is 10.2 Å². The van der Waals surface area contributed by atoms with Crippen LogP contribution in [0.2, 0.25) is 0 Å². The topological polar surface area (TPSA) is 144 Å². The molecule has 2 aromatic rings. The fourth-order valence-corrected chi connectivity index (χ4v) is 2.26. The zero-order valence-corrected chi connectivity index (χ0v) is 16.4. The lowest BCUT2D eigenvalue weighted by atomic mass is 10.3. The highest BCUT2D eigenvalue weighted by Gasteiger charge is 2.13. The Morgan fingerprint density at radius 3 is 2.62 bits per heavy atom. The number of rotatable bonds is 12. The summed E-state index contributed by atoms with van der Waals surface area (Å²) in [4.78, 5) is 17.1. The predicted molar refractivity (Wildman–Crippen MR) is 105 cm³/mol. The SMILES string of the molecule is COc1ccccc1OCC(O)CNCCN(Oc1ccc(NN)nn1)C(C)=O. The van der Waals surface area contributed by atoms with Crippen molar-refractivity contribution < 1.29 is 24.2 Å². The number of carbonyl (C=O) groups is 1. The van der Waals surface area contributed by atoms with E-state index in [9.17, 15) is 9.90 Å². The third-order valence-corrected chi connectivity index (χ3v) is 3.71. The van der Waals surface area contributed by atoms with Gasteiger partial charge in [0.25, 0.3) is 11.8 Å².